The highest BCUT2D eigenvalue weighted by molar-refractivity contribution is 7.10. The molecule has 0 aliphatic carbocycles. The second-order valence-corrected chi connectivity index (χ2v) is 6.42. The Morgan fingerprint density at radius 3 is 2.54 bits per heavy atom. The zero-order valence-corrected chi connectivity index (χ0v) is 14.6. The number of Topliss-reactive ketones (excluding diaryl/α,β-unsaturated/α-hetero) is 1. The zero-order chi connectivity index (χ0) is 17.5. The maximum Gasteiger partial charge on any atom is 0.225 e. The highest BCUT2D eigenvalue weighted by Gasteiger charge is 2.13. The van der Waals surface area contributed by atoms with Crippen LogP contribution in [0.2, 0.25) is 0 Å². The highest BCUT2D eigenvalue weighted by Crippen LogP contribution is 2.16. The Kier molecular flexibility index (Phi) is 6.26. The van der Waals surface area contributed by atoms with Gasteiger partial charge in [0.1, 0.15) is 0 Å². The van der Waals surface area contributed by atoms with Crippen LogP contribution in [0, 0.1) is 0 Å². The predicted molar refractivity (Wildman–Crippen MR) is 95.5 cm³/mol. The number of nitrogens with zero attached hydrogens (tertiary/aromatic N) is 1. The summed E-state index contributed by atoms with van der Waals surface area (Å²) >= 11 is 1.54. The number of amides is 2. The Balaban J connectivity index is 1.94. The van der Waals surface area contributed by atoms with Gasteiger partial charge in [-0.3, -0.25) is 14.4 Å². The molecule has 0 spiro atoms. The Morgan fingerprint density at radius 1 is 1.12 bits per heavy atom. The van der Waals surface area contributed by atoms with Crippen molar-refractivity contribution >= 4 is 34.6 Å². The molecule has 1 N–H and O–H groups in total. The van der Waals surface area contributed by atoms with E-state index in [0.717, 1.165) is 4.88 Å². The Bertz CT molecular complexity index is 726. The summed E-state index contributed by atoms with van der Waals surface area (Å²) in [6.07, 6.45) is 0.345. The minimum Gasteiger partial charge on any atom is -0.354 e. The van der Waals surface area contributed by atoms with E-state index in [1.165, 1.54) is 25.2 Å². The number of benzene rings is 1. The van der Waals surface area contributed by atoms with Crippen LogP contribution in [0.4, 0.5) is 5.69 Å². The monoisotopic (exact) mass is 344 g/mol. The maximum absolute atomic E-state index is 11.9. The molecule has 2 rings (SSSR count). The van der Waals surface area contributed by atoms with E-state index in [9.17, 15) is 14.4 Å². The first-order chi connectivity index (χ1) is 11.5. The molecule has 2 aromatic rings. The van der Waals surface area contributed by atoms with Crippen molar-refractivity contribution in [2.24, 2.45) is 0 Å². The van der Waals surface area contributed by atoms with E-state index < -0.39 is 0 Å². The van der Waals surface area contributed by atoms with Crippen molar-refractivity contribution in [3.05, 3.63) is 52.2 Å². The lowest BCUT2D eigenvalue weighted by Gasteiger charge is -2.22. The van der Waals surface area contributed by atoms with Gasteiger partial charge in [0.15, 0.2) is 5.78 Å². The predicted octanol–water partition coefficient (Wildman–Crippen LogP) is 2.66. The van der Waals surface area contributed by atoms with Gasteiger partial charge in [0.25, 0.3) is 0 Å². The molecule has 126 valence electrons. The first kappa shape index (κ1) is 17.9. The van der Waals surface area contributed by atoms with Gasteiger partial charge in [-0.1, -0.05) is 18.2 Å². The molecule has 0 aliphatic rings. The van der Waals surface area contributed by atoms with Gasteiger partial charge in [-0.15, -0.1) is 11.3 Å². The van der Waals surface area contributed by atoms with Crippen molar-refractivity contribution in [3.8, 4) is 0 Å². The maximum atomic E-state index is 11.9. The van der Waals surface area contributed by atoms with Gasteiger partial charge in [0, 0.05) is 36.1 Å². The molecule has 0 saturated heterocycles. The number of anilines is 1. The van der Waals surface area contributed by atoms with Crippen LogP contribution in [0.3, 0.4) is 0 Å². The molecular weight excluding hydrogens is 324 g/mol. The van der Waals surface area contributed by atoms with Crippen LogP contribution in [0.25, 0.3) is 0 Å². The third kappa shape index (κ3) is 5.03. The van der Waals surface area contributed by atoms with Crippen molar-refractivity contribution in [1.29, 1.82) is 0 Å². The lowest BCUT2D eigenvalue weighted by atomic mass is 10.1. The molecule has 5 nitrogen and oxygen atoms in total. The first-order valence-electron chi connectivity index (χ1n) is 7.65. The second kappa shape index (κ2) is 8.40. The molecule has 1 heterocycles. The van der Waals surface area contributed by atoms with Gasteiger partial charge >= 0.3 is 0 Å². The topological polar surface area (TPSA) is 66.5 Å². The summed E-state index contributed by atoms with van der Waals surface area (Å²) in [6, 6.07) is 10.8. The quantitative estimate of drug-likeness (QED) is 0.785. The number of nitrogens with one attached hydrogen (secondary N) is 1. The van der Waals surface area contributed by atoms with Gasteiger partial charge in [-0.2, -0.15) is 0 Å². The summed E-state index contributed by atoms with van der Waals surface area (Å²) in [5, 5.41) is 4.75. The molecule has 0 bridgehead atoms. The largest absolute Gasteiger partial charge is 0.354 e. The number of thiophene rings is 1. The van der Waals surface area contributed by atoms with Crippen LogP contribution in [-0.4, -0.2) is 30.7 Å². The smallest absolute Gasteiger partial charge is 0.225 e. The van der Waals surface area contributed by atoms with Gasteiger partial charge < -0.3 is 10.2 Å². The van der Waals surface area contributed by atoms with Crippen molar-refractivity contribution in [2.75, 3.05) is 18.0 Å². The van der Waals surface area contributed by atoms with Crippen molar-refractivity contribution in [2.45, 2.75) is 20.3 Å². The number of rotatable bonds is 7. The zero-order valence-electron chi connectivity index (χ0n) is 13.7. The number of ketones is 1. The number of carbonyl (C=O) groups excluding carboxylic acids is 3. The molecule has 0 unspecified atom stereocenters. The van der Waals surface area contributed by atoms with Gasteiger partial charge in [0.05, 0.1) is 6.42 Å². The summed E-state index contributed by atoms with van der Waals surface area (Å²) in [6.45, 7) is 3.66. The molecule has 0 fully saturated rings. The molecule has 1 aromatic heterocycles. The Labute approximate surface area is 145 Å². The van der Waals surface area contributed by atoms with Crippen LogP contribution in [0.5, 0.6) is 0 Å². The molecule has 24 heavy (non-hydrogen) atoms. The standard InChI is InChI=1S/C18H20N2O3S/c1-13(21)15-5-3-6-16(11-15)20(14(2)22)9-8-19-18(23)12-17-7-4-10-24-17/h3-7,10-11H,8-9,12H2,1-2H3,(H,19,23). The van der Waals surface area contributed by atoms with Crippen LogP contribution in [-0.2, 0) is 16.0 Å². The summed E-state index contributed by atoms with van der Waals surface area (Å²) in [4.78, 5) is 37.8. The van der Waals surface area contributed by atoms with E-state index in [1.54, 1.807) is 29.2 Å². The summed E-state index contributed by atoms with van der Waals surface area (Å²) in [7, 11) is 0. The highest BCUT2D eigenvalue weighted by atomic mass is 32.1. The van der Waals surface area contributed by atoms with Crippen LogP contribution < -0.4 is 10.2 Å². The third-order valence-corrected chi connectivity index (χ3v) is 4.39. The van der Waals surface area contributed by atoms with Crippen LogP contribution in [0.1, 0.15) is 29.1 Å². The van der Waals surface area contributed by atoms with Gasteiger partial charge in [0.2, 0.25) is 11.8 Å². The molecule has 0 aliphatic heterocycles. The van der Waals surface area contributed by atoms with E-state index in [1.807, 2.05) is 17.5 Å². The van der Waals surface area contributed by atoms with E-state index in [0.29, 0.717) is 30.8 Å². The fourth-order valence-electron chi connectivity index (χ4n) is 2.30. The van der Waals surface area contributed by atoms with Gasteiger partial charge in [-0.05, 0) is 30.5 Å². The van der Waals surface area contributed by atoms with Crippen molar-refractivity contribution < 1.29 is 14.4 Å². The molecule has 6 heteroatoms. The summed E-state index contributed by atoms with van der Waals surface area (Å²) in [5.74, 6) is -0.258. The molecule has 1 aromatic carbocycles. The van der Waals surface area contributed by atoms with E-state index >= 15 is 0 Å². The summed E-state index contributed by atoms with van der Waals surface area (Å²) < 4.78 is 0. The fourth-order valence-corrected chi connectivity index (χ4v) is 3.01. The Hall–Kier alpha value is -2.47. The lowest BCUT2D eigenvalue weighted by molar-refractivity contribution is -0.120. The molecule has 2 amide bonds. The second-order valence-electron chi connectivity index (χ2n) is 5.38. The average Bonchev–Trinajstić information content (AvgIpc) is 3.04. The van der Waals surface area contributed by atoms with Gasteiger partial charge in [-0.25, -0.2) is 0 Å². The van der Waals surface area contributed by atoms with Crippen LogP contribution >= 0.6 is 11.3 Å². The molecule has 0 saturated carbocycles. The van der Waals surface area contributed by atoms with E-state index in [-0.39, 0.29) is 17.6 Å². The normalized spacial score (nSPS) is 10.2. The SMILES string of the molecule is CC(=O)c1cccc(N(CCNC(=O)Cc2cccs2)C(C)=O)c1. The lowest BCUT2D eigenvalue weighted by Crippen LogP contribution is -2.38. The first-order valence-corrected chi connectivity index (χ1v) is 8.53. The number of hydrogen-bond donors (Lipinski definition) is 1. The van der Waals surface area contributed by atoms with E-state index in [4.69, 9.17) is 0 Å². The number of hydrogen-bond acceptors (Lipinski definition) is 4. The fraction of sp³-hybridized carbons (Fsp3) is 0.278. The number of carbonyl (C=O) groups is 3. The van der Waals surface area contributed by atoms with E-state index in [2.05, 4.69) is 5.32 Å². The Morgan fingerprint density at radius 2 is 1.92 bits per heavy atom. The van der Waals surface area contributed by atoms with Crippen molar-refractivity contribution in [3.63, 3.8) is 0 Å². The minimum absolute atomic E-state index is 0.0513. The minimum atomic E-state index is -0.136. The third-order valence-electron chi connectivity index (χ3n) is 3.52. The average molecular weight is 344 g/mol. The molecule has 0 atom stereocenters. The summed E-state index contributed by atoms with van der Waals surface area (Å²) in [5.41, 5.74) is 1.21. The van der Waals surface area contributed by atoms with Crippen molar-refractivity contribution in [1.82, 2.24) is 5.32 Å². The molecular formula is C18H20N2O3S. The molecule has 0 radical (unpaired) electrons. The van der Waals surface area contributed by atoms with Crippen LogP contribution in [0.15, 0.2) is 41.8 Å².